The number of anilines is 3. The summed E-state index contributed by atoms with van der Waals surface area (Å²) in [6, 6.07) is 9.26. The molecule has 1 heterocycles. The molecule has 5 heteroatoms. The van der Waals surface area contributed by atoms with Crippen LogP contribution in [0, 0.1) is 11.6 Å². The van der Waals surface area contributed by atoms with Crippen LogP contribution >= 0.6 is 0 Å². The van der Waals surface area contributed by atoms with Gasteiger partial charge in [0, 0.05) is 23.2 Å². The SMILES string of the molecule is Nc1c(Nc2cccc(F)c2F)ccc2cnccc12. The highest BCUT2D eigenvalue weighted by atomic mass is 19.2. The predicted molar refractivity (Wildman–Crippen MR) is 75.8 cm³/mol. The first kappa shape index (κ1) is 12.3. The summed E-state index contributed by atoms with van der Waals surface area (Å²) in [6.45, 7) is 0. The summed E-state index contributed by atoms with van der Waals surface area (Å²) in [4.78, 5) is 4.01. The molecule has 0 unspecified atom stereocenters. The summed E-state index contributed by atoms with van der Waals surface area (Å²) in [7, 11) is 0. The van der Waals surface area contributed by atoms with E-state index in [0.717, 1.165) is 16.8 Å². The number of rotatable bonds is 2. The standard InChI is InChI=1S/C15H11F2N3/c16-11-2-1-3-12(14(11)17)20-13-5-4-9-8-19-7-6-10(9)15(13)18/h1-8,20H,18H2. The van der Waals surface area contributed by atoms with Crippen molar-refractivity contribution < 1.29 is 8.78 Å². The highest BCUT2D eigenvalue weighted by Gasteiger charge is 2.10. The van der Waals surface area contributed by atoms with E-state index in [1.54, 1.807) is 24.5 Å². The van der Waals surface area contributed by atoms with Crippen molar-refractivity contribution in [3.05, 3.63) is 60.4 Å². The average molecular weight is 271 g/mol. The lowest BCUT2D eigenvalue weighted by Crippen LogP contribution is -2.00. The number of nitrogen functional groups attached to an aromatic ring is 1. The number of nitrogens with zero attached hydrogens (tertiary/aromatic N) is 1. The highest BCUT2D eigenvalue weighted by molar-refractivity contribution is 5.99. The van der Waals surface area contributed by atoms with Crippen molar-refractivity contribution in [2.75, 3.05) is 11.1 Å². The van der Waals surface area contributed by atoms with E-state index in [9.17, 15) is 8.78 Å². The maximum atomic E-state index is 13.6. The van der Waals surface area contributed by atoms with Gasteiger partial charge in [0.25, 0.3) is 0 Å². The van der Waals surface area contributed by atoms with Gasteiger partial charge in [-0.1, -0.05) is 12.1 Å². The molecule has 3 nitrogen and oxygen atoms in total. The quantitative estimate of drug-likeness (QED) is 0.696. The van der Waals surface area contributed by atoms with Crippen LogP contribution in [0.3, 0.4) is 0 Å². The van der Waals surface area contributed by atoms with Crippen LogP contribution in [0.1, 0.15) is 0 Å². The Morgan fingerprint density at radius 2 is 1.85 bits per heavy atom. The van der Waals surface area contributed by atoms with Gasteiger partial charge in [-0.25, -0.2) is 8.78 Å². The third-order valence-corrected chi connectivity index (χ3v) is 3.08. The van der Waals surface area contributed by atoms with E-state index in [0.29, 0.717) is 11.4 Å². The summed E-state index contributed by atoms with van der Waals surface area (Å²) in [6.07, 6.45) is 3.32. The van der Waals surface area contributed by atoms with Gasteiger partial charge >= 0.3 is 0 Å². The number of aromatic nitrogens is 1. The highest BCUT2D eigenvalue weighted by Crippen LogP contribution is 2.31. The van der Waals surface area contributed by atoms with Gasteiger partial charge in [0.05, 0.1) is 17.1 Å². The zero-order valence-electron chi connectivity index (χ0n) is 10.4. The molecule has 0 spiro atoms. The summed E-state index contributed by atoms with van der Waals surface area (Å²) in [5.74, 6) is -1.83. The minimum absolute atomic E-state index is 0.0464. The van der Waals surface area contributed by atoms with Gasteiger partial charge in [-0.15, -0.1) is 0 Å². The van der Waals surface area contributed by atoms with Crippen LogP contribution in [0.5, 0.6) is 0 Å². The number of halogens is 2. The summed E-state index contributed by atoms with van der Waals surface area (Å²) >= 11 is 0. The Morgan fingerprint density at radius 3 is 2.70 bits per heavy atom. The van der Waals surface area contributed by atoms with Gasteiger partial charge in [0.15, 0.2) is 11.6 Å². The normalized spacial score (nSPS) is 10.7. The van der Waals surface area contributed by atoms with Crippen molar-refractivity contribution in [2.45, 2.75) is 0 Å². The number of hydrogen-bond acceptors (Lipinski definition) is 3. The molecular formula is C15H11F2N3. The van der Waals surface area contributed by atoms with Gasteiger partial charge in [-0.3, -0.25) is 4.98 Å². The first-order chi connectivity index (χ1) is 9.66. The van der Waals surface area contributed by atoms with Crippen LogP contribution in [0.4, 0.5) is 25.8 Å². The van der Waals surface area contributed by atoms with Crippen molar-refractivity contribution in [1.29, 1.82) is 0 Å². The zero-order valence-corrected chi connectivity index (χ0v) is 10.4. The van der Waals surface area contributed by atoms with Gasteiger partial charge in [0.1, 0.15) is 0 Å². The number of benzene rings is 2. The van der Waals surface area contributed by atoms with Crippen molar-refractivity contribution in [3.8, 4) is 0 Å². The van der Waals surface area contributed by atoms with E-state index in [2.05, 4.69) is 10.3 Å². The van der Waals surface area contributed by atoms with Crippen LogP contribution in [0.15, 0.2) is 48.8 Å². The predicted octanol–water partition coefficient (Wildman–Crippen LogP) is 3.84. The Labute approximate surface area is 114 Å². The maximum Gasteiger partial charge on any atom is 0.182 e. The Balaban J connectivity index is 2.07. The average Bonchev–Trinajstić information content (AvgIpc) is 2.47. The van der Waals surface area contributed by atoms with Crippen molar-refractivity contribution in [2.24, 2.45) is 0 Å². The lowest BCUT2D eigenvalue weighted by atomic mass is 10.1. The molecule has 0 aliphatic rings. The monoisotopic (exact) mass is 271 g/mol. The van der Waals surface area contributed by atoms with Gasteiger partial charge in [-0.2, -0.15) is 0 Å². The Morgan fingerprint density at radius 1 is 1.00 bits per heavy atom. The van der Waals surface area contributed by atoms with E-state index in [1.165, 1.54) is 12.1 Å². The van der Waals surface area contributed by atoms with Crippen molar-refractivity contribution >= 4 is 27.8 Å². The topological polar surface area (TPSA) is 50.9 Å². The smallest absolute Gasteiger partial charge is 0.182 e. The lowest BCUT2D eigenvalue weighted by molar-refractivity contribution is 0.512. The van der Waals surface area contributed by atoms with E-state index in [4.69, 9.17) is 5.73 Å². The molecule has 0 aliphatic heterocycles. The van der Waals surface area contributed by atoms with E-state index < -0.39 is 11.6 Å². The Kier molecular flexibility index (Phi) is 2.95. The Bertz CT molecular complexity index is 787. The van der Waals surface area contributed by atoms with Crippen LogP contribution in [-0.2, 0) is 0 Å². The zero-order chi connectivity index (χ0) is 14.1. The number of nitrogens with two attached hydrogens (primary N) is 1. The molecule has 3 N–H and O–H groups in total. The molecule has 2 aromatic carbocycles. The van der Waals surface area contributed by atoms with Gasteiger partial charge in [-0.05, 0) is 24.3 Å². The first-order valence-electron chi connectivity index (χ1n) is 6.00. The summed E-state index contributed by atoms with van der Waals surface area (Å²) in [5.41, 5.74) is 7.08. The number of hydrogen-bond donors (Lipinski definition) is 2. The second-order valence-corrected chi connectivity index (χ2v) is 4.35. The summed E-state index contributed by atoms with van der Waals surface area (Å²) < 4.78 is 26.8. The molecule has 3 rings (SSSR count). The lowest BCUT2D eigenvalue weighted by Gasteiger charge is -2.12. The molecule has 1 aromatic heterocycles. The van der Waals surface area contributed by atoms with Gasteiger partial charge in [0.2, 0.25) is 0 Å². The fourth-order valence-electron chi connectivity index (χ4n) is 2.05. The van der Waals surface area contributed by atoms with E-state index in [1.807, 2.05) is 6.07 Å². The molecule has 0 amide bonds. The number of pyridine rings is 1. The van der Waals surface area contributed by atoms with Crippen LogP contribution in [0.2, 0.25) is 0 Å². The van der Waals surface area contributed by atoms with Crippen LogP contribution < -0.4 is 11.1 Å². The molecule has 0 aliphatic carbocycles. The molecule has 3 aromatic rings. The second kappa shape index (κ2) is 4.77. The second-order valence-electron chi connectivity index (χ2n) is 4.35. The van der Waals surface area contributed by atoms with Crippen LogP contribution in [-0.4, -0.2) is 4.98 Å². The largest absolute Gasteiger partial charge is 0.397 e. The molecule has 100 valence electrons. The molecule has 0 atom stereocenters. The van der Waals surface area contributed by atoms with E-state index >= 15 is 0 Å². The first-order valence-corrected chi connectivity index (χ1v) is 6.00. The molecule has 0 bridgehead atoms. The number of nitrogens with one attached hydrogen (secondary N) is 1. The minimum atomic E-state index is -0.929. The van der Waals surface area contributed by atoms with Crippen molar-refractivity contribution in [1.82, 2.24) is 4.98 Å². The fourth-order valence-corrected chi connectivity index (χ4v) is 2.05. The van der Waals surface area contributed by atoms with Gasteiger partial charge < -0.3 is 11.1 Å². The molecule has 0 saturated carbocycles. The molecule has 0 fully saturated rings. The molecule has 20 heavy (non-hydrogen) atoms. The Hall–Kier alpha value is -2.69. The fraction of sp³-hybridized carbons (Fsp3) is 0. The third-order valence-electron chi connectivity index (χ3n) is 3.08. The molecule has 0 radical (unpaired) electrons. The van der Waals surface area contributed by atoms with Crippen LogP contribution in [0.25, 0.3) is 10.8 Å². The summed E-state index contributed by atoms with van der Waals surface area (Å²) in [5, 5.41) is 4.50. The number of fused-ring (bicyclic) bond motifs is 1. The van der Waals surface area contributed by atoms with E-state index in [-0.39, 0.29) is 5.69 Å². The molecular weight excluding hydrogens is 260 g/mol. The third kappa shape index (κ3) is 2.03. The minimum Gasteiger partial charge on any atom is -0.397 e. The maximum absolute atomic E-state index is 13.6. The molecule has 0 saturated heterocycles. The van der Waals surface area contributed by atoms with Crippen molar-refractivity contribution in [3.63, 3.8) is 0 Å².